The van der Waals surface area contributed by atoms with Crippen molar-refractivity contribution < 1.29 is 9.47 Å². The van der Waals surface area contributed by atoms with Gasteiger partial charge >= 0.3 is 0 Å². The van der Waals surface area contributed by atoms with Gasteiger partial charge in [0.1, 0.15) is 29.6 Å². The number of hydrogen-bond acceptors (Lipinski definition) is 6. The molecule has 0 saturated heterocycles. The molecule has 1 aromatic carbocycles. The van der Waals surface area contributed by atoms with E-state index < -0.39 is 0 Å². The lowest BCUT2D eigenvalue weighted by molar-refractivity contribution is 0.0725. The Bertz CT molecular complexity index is 1610. The van der Waals surface area contributed by atoms with Crippen molar-refractivity contribution in [3.8, 4) is 23.8 Å². The van der Waals surface area contributed by atoms with Gasteiger partial charge in [-0.2, -0.15) is 10.5 Å². The van der Waals surface area contributed by atoms with E-state index in [0.29, 0.717) is 40.1 Å². The molecule has 2 saturated carbocycles. The topological polar surface area (TPSA) is 87.1 Å². The number of pyridine rings is 1. The summed E-state index contributed by atoms with van der Waals surface area (Å²) in [5.74, 6) is 1.96. The Kier molecular flexibility index (Phi) is 8.38. The second-order valence-electron chi connectivity index (χ2n) is 10.7. The molecule has 7 nitrogen and oxygen atoms in total. The Balaban J connectivity index is 1.57. The molecular weight excluding hydrogens is 534 g/mol. The number of benzene rings is 1. The summed E-state index contributed by atoms with van der Waals surface area (Å²) in [5.41, 5.74) is 3.41. The molecule has 2 heterocycles. The molecule has 0 N–H and O–H groups in total. The fraction of sp³-hybridized carbons (Fsp3) is 0.364. The highest BCUT2D eigenvalue weighted by Crippen LogP contribution is 2.44. The van der Waals surface area contributed by atoms with Gasteiger partial charge in [0.2, 0.25) is 5.88 Å². The van der Waals surface area contributed by atoms with Gasteiger partial charge in [0, 0.05) is 47.5 Å². The normalized spacial score (nSPS) is 16.4. The molecule has 2 fully saturated rings. The number of rotatable bonds is 11. The third kappa shape index (κ3) is 5.82. The van der Waals surface area contributed by atoms with Crippen molar-refractivity contribution in [1.82, 2.24) is 14.5 Å². The van der Waals surface area contributed by atoms with Crippen LogP contribution < -0.4 is 4.74 Å². The van der Waals surface area contributed by atoms with Gasteiger partial charge in [0.05, 0.1) is 16.8 Å². The molecule has 0 spiro atoms. The first-order valence-electron chi connectivity index (χ1n) is 14.1. The first-order chi connectivity index (χ1) is 19.9. The van der Waals surface area contributed by atoms with Gasteiger partial charge in [-0.3, -0.25) is 0 Å². The molecule has 2 aliphatic carbocycles. The Morgan fingerprint density at radius 3 is 2.66 bits per heavy atom. The van der Waals surface area contributed by atoms with E-state index in [4.69, 9.17) is 21.1 Å². The predicted octanol–water partition coefficient (Wildman–Crippen LogP) is 8.39. The van der Waals surface area contributed by atoms with E-state index in [1.807, 2.05) is 49.3 Å². The molecule has 41 heavy (non-hydrogen) atoms. The predicted molar refractivity (Wildman–Crippen MR) is 161 cm³/mol. The first-order valence-corrected chi connectivity index (χ1v) is 14.5. The molecule has 8 heteroatoms. The van der Waals surface area contributed by atoms with Crippen molar-refractivity contribution in [1.29, 1.82) is 10.5 Å². The number of allylic oxidation sites excluding steroid dienone is 3. The van der Waals surface area contributed by atoms with Gasteiger partial charge in [-0.15, -0.1) is 0 Å². The Morgan fingerprint density at radius 1 is 1.24 bits per heavy atom. The van der Waals surface area contributed by atoms with Crippen LogP contribution in [0.4, 0.5) is 0 Å². The average molecular weight is 568 g/mol. The fourth-order valence-corrected chi connectivity index (χ4v) is 5.29. The van der Waals surface area contributed by atoms with Crippen molar-refractivity contribution in [2.45, 2.75) is 64.5 Å². The fourth-order valence-electron chi connectivity index (χ4n) is 5.14. The minimum absolute atomic E-state index is 0.130. The van der Waals surface area contributed by atoms with E-state index in [9.17, 15) is 10.5 Å². The zero-order chi connectivity index (χ0) is 29.1. The third-order valence-corrected chi connectivity index (χ3v) is 8.43. The summed E-state index contributed by atoms with van der Waals surface area (Å²) in [6.07, 6.45) is 11.7. The lowest BCUT2D eigenvalue weighted by atomic mass is 9.92. The van der Waals surface area contributed by atoms with Crippen LogP contribution in [-0.4, -0.2) is 27.6 Å². The number of ether oxygens (including phenoxy) is 2. The van der Waals surface area contributed by atoms with Gasteiger partial charge in [0.15, 0.2) is 5.88 Å². The van der Waals surface area contributed by atoms with Gasteiger partial charge in [-0.05, 0) is 88.3 Å². The van der Waals surface area contributed by atoms with E-state index in [0.717, 1.165) is 41.4 Å². The van der Waals surface area contributed by atoms with Crippen LogP contribution in [0.3, 0.4) is 0 Å². The molecule has 5 rings (SSSR count). The maximum atomic E-state index is 10.4. The van der Waals surface area contributed by atoms with Gasteiger partial charge in [-0.1, -0.05) is 18.5 Å². The molecule has 3 aromatic rings. The van der Waals surface area contributed by atoms with Crippen molar-refractivity contribution >= 4 is 28.1 Å². The quantitative estimate of drug-likeness (QED) is 0.171. The average Bonchev–Trinajstić information content (AvgIpc) is 3.76. The first kappa shape index (κ1) is 28.3. The highest BCUT2D eigenvalue weighted by molar-refractivity contribution is 6.33. The summed E-state index contributed by atoms with van der Waals surface area (Å²) in [4.78, 5) is 6.09. The maximum absolute atomic E-state index is 10.4. The summed E-state index contributed by atoms with van der Waals surface area (Å²) in [5, 5.41) is 21.4. The molecular formula is C33H34ClN5O2. The zero-order valence-electron chi connectivity index (χ0n) is 23.7. The minimum Gasteiger partial charge on any atom is -0.476 e. The molecule has 0 radical (unpaired) electrons. The third-order valence-electron chi connectivity index (χ3n) is 7.96. The second kappa shape index (κ2) is 12.1. The highest BCUT2D eigenvalue weighted by atomic mass is 35.5. The van der Waals surface area contributed by atoms with Gasteiger partial charge < -0.3 is 18.9 Å². The summed E-state index contributed by atoms with van der Waals surface area (Å²) in [6, 6.07) is 13.8. The SMILES string of the molecule is C=C(OC(C)C1CC1)N(C)/C=C\C(=C(\Cl)CC)c1c(C#N)c2ccc(Oc3ncccc3C#N)cc2n1C1CCC1. The van der Waals surface area contributed by atoms with Crippen molar-refractivity contribution in [3.63, 3.8) is 0 Å². The van der Waals surface area contributed by atoms with E-state index in [1.54, 1.807) is 18.3 Å². The Labute approximate surface area is 246 Å². The van der Waals surface area contributed by atoms with Crippen molar-refractivity contribution in [2.24, 2.45) is 5.92 Å². The van der Waals surface area contributed by atoms with Crippen LogP contribution in [0, 0.1) is 28.6 Å². The van der Waals surface area contributed by atoms with Gasteiger partial charge in [0.25, 0.3) is 0 Å². The van der Waals surface area contributed by atoms with E-state index in [1.165, 1.54) is 12.8 Å². The number of aromatic nitrogens is 2. The molecule has 0 amide bonds. The molecule has 0 aliphatic heterocycles. The standard InChI is InChI=1S/C33H34ClN5O2/c1-5-30(34)28(15-17-38(4)22(3)40-21(2)23-11-12-23)32-29(20-36)27-14-13-26(18-31(27)39(32)25-9-6-10-25)41-33-24(19-35)8-7-16-37-33/h7-8,13-18,21,23,25H,3,5-6,9-12H2,1-2,4H3/b17-15-,30-28-. The smallest absolute Gasteiger partial charge is 0.237 e. The second-order valence-corrected chi connectivity index (χ2v) is 11.1. The molecule has 0 bridgehead atoms. The zero-order valence-corrected chi connectivity index (χ0v) is 24.5. The van der Waals surface area contributed by atoms with Crippen LogP contribution in [-0.2, 0) is 4.74 Å². The molecule has 2 aliphatic rings. The maximum Gasteiger partial charge on any atom is 0.237 e. The molecule has 2 aromatic heterocycles. The van der Waals surface area contributed by atoms with Crippen molar-refractivity contribution in [3.05, 3.63) is 83.1 Å². The lowest BCUT2D eigenvalue weighted by Gasteiger charge is -2.30. The summed E-state index contributed by atoms with van der Waals surface area (Å²) in [7, 11) is 1.90. The summed E-state index contributed by atoms with van der Waals surface area (Å²) < 4.78 is 14.4. The molecule has 1 atom stereocenters. The summed E-state index contributed by atoms with van der Waals surface area (Å²) >= 11 is 6.90. The van der Waals surface area contributed by atoms with Crippen molar-refractivity contribution in [2.75, 3.05) is 7.05 Å². The van der Waals surface area contributed by atoms with E-state index >= 15 is 0 Å². The lowest BCUT2D eigenvalue weighted by Crippen LogP contribution is -2.20. The minimum atomic E-state index is 0.130. The van der Waals surface area contributed by atoms with Crippen LogP contribution >= 0.6 is 11.6 Å². The monoisotopic (exact) mass is 567 g/mol. The van der Waals surface area contributed by atoms with Crippen LogP contribution in [0.1, 0.15) is 75.2 Å². The Morgan fingerprint density at radius 2 is 2.02 bits per heavy atom. The number of nitrogens with zero attached hydrogens (tertiary/aromatic N) is 5. The highest BCUT2D eigenvalue weighted by Gasteiger charge is 2.31. The number of nitriles is 2. The summed E-state index contributed by atoms with van der Waals surface area (Å²) in [6.45, 7) is 8.21. The number of fused-ring (bicyclic) bond motifs is 1. The largest absolute Gasteiger partial charge is 0.476 e. The van der Waals surface area contributed by atoms with Crippen LogP contribution in [0.5, 0.6) is 11.6 Å². The van der Waals surface area contributed by atoms with E-state index in [-0.39, 0.29) is 18.0 Å². The van der Waals surface area contributed by atoms with Crippen LogP contribution in [0.15, 0.2) is 66.3 Å². The molecule has 1 unspecified atom stereocenters. The molecule has 210 valence electrons. The van der Waals surface area contributed by atoms with E-state index in [2.05, 4.69) is 35.2 Å². The van der Waals surface area contributed by atoms with Gasteiger partial charge in [-0.25, -0.2) is 4.98 Å². The Hall–Kier alpha value is -4.20. The number of hydrogen-bond donors (Lipinski definition) is 0. The number of halogens is 1. The van der Waals surface area contributed by atoms with Crippen LogP contribution in [0.25, 0.3) is 16.5 Å². The van der Waals surface area contributed by atoms with Crippen LogP contribution in [0.2, 0.25) is 0 Å².